The van der Waals surface area contributed by atoms with Crippen molar-refractivity contribution >= 4 is 17.5 Å². The highest BCUT2D eigenvalue weighted by atomic mass is 16.2. The van der Waals surface area contributed by atoms with Crippen LogP contribution >= 0.6 is 0 Å². The lowest BCUT2D eigenvalue weighted by Crippen LogP contribution is -2.54. The van der Waals surface area contributed by atoms with Crippen molar-refractivity contribution in [1.29, 1.82) is 0 Å². The van der Waals surface area contributed by atoms with Gasteiger partial charge in [-0.25, -0.2) is 0 Å². The number of anilines is 1. The van der Waals surface area contributed by atoms with Crippen LogP contribution in [0.25, 0.3) is 0 Å². The molecule has 0 aliphatic carbocycles. The molecule has 34 heavy (non-hydrogen) atoms. The van der Waals surface area contributed by atoms with Gasteiger partial charge >= 0.3 is 0 Å². The van der Waals surface area contributed by atoms with E-state index in [9.17, 15) is 9.59 Å². The van der Waals surface area contributed by atoms with Gasteiger partial charge in [-0.2, -0.15) is 0 Å². The quantitative estimate of drug-likeness (QED) is 0.615. The molecule has 0 bridgehead atoms. The van der Waals surface area contributed by atoms with Crippen LogP contribution in [-0.2, 0) is 4.79 Å². The van der Waals surface area contributed by atoms with Gasteiger partial charge in [-0.05, 0) is 49.9 Å². The van der Waals surface area contributed by atoms with Gasteiger partial charge in [0.25, 0.3) is 5.91 Å². The summed E-state index contributed by atoms with van der Waals surface area (Å²) < 4.78 is 0. The largest absolute Gasteiger partial charge is 0.369 e. The molecule has 7 nitrogen and oxygen atoms in total. The highest BCUT2D eigenvalue weighted by Gasteiger charge is 2.26. The van der Waals surface area contributed by atoms with E-state index in [1.54, 1.807) is 0 Å². The normalized spacial score (nSPS) is 21.2. The fourth-order valence-electron chi connectivity index (χ4n) is 5.29. The summed E-state index contributed by atoms with van der Waals surface area (Å²) in [5.74, 6) is 1.15. The van der Waals surface area contributed by atoms with Gasteiger partial charge in [-0.3, -0.25) is 19.4 Å². The van der Waals surface area contributed by atoms with Crippen LogP contribution in [0.15, 0.2) is 24.3 Å². The maximum Gasteiger partial charge on any atom is 0.253 e. The molecule has 3 aliphatic rings. The SMILES string of the molecule is CCCCN1CCN(C(=O)CN2CCN(c3cccc(C(=O)N4CCC(C)CC4)c3)CC2)CC1. The van der Waals surface area contributed by atoms with Crippen molar-refractivity contribution in [3.05, 3.63) is 29.8 Å². The molecule has 0 saturated carbocycles. The van der Waals surface area contributed by atoms with Gasteiger partial charge in [0.15, 0.2) is 0 Å². The standard InChI is InChI=1S/C27H43N5O2/c1-3-4-10-28-13-19-31(20-14-28)26(33)22-29-15-17-30(18-16-29)25-7-5-6-24(21-25)27(34)32-11-8-23(2)9-12-32/h5-7,21,23H,3-4,8-20,22H2,1-2H3. The molecular weight excluding hydrogens is 426 g/mol. The molecule has 0 atom stereocenters. The number of nitrogens with zero attached hydrogens (tertiary/aromatic N) is 5. The zero-order valence-corrected chi connectivity index (χ0v) is 21.3. The van der Waals surface area contributed by atoms with Crippen LogP contribution in [0.1, 0.15) is 49.9 Å². The lowest BCUT2D eigenvalue weighted by Gasteiger charge is -2.38. The van der Waals surface area contributed by atoms with E-state index in [1.165, 1.54) is 12.8 Å². The van der Waals surface area contributed by atoms with E-state index < -0.39 is 0 Å². The van der Waals surface area contributed by atoms with Gasteiger partial charge in [0.05, 0.1) is 6.54 Å². The Labute approximate surface area is 205 Å². The molecule has 188 valence electrons. The minimum absolute atomic E-state index is 0.160. The van der Waals surface area contributed by atoms with Crippen LogP contribution in [-0.4, -0.2) is 110 Å². The number of hydrogen-bond acceptors (Lipinski definition) is 5. The first-order valence-corrected chi connectivity index (χ1v) is 13.4. The van der Waals surface area contributed by atoms with Gasteiger partial charge in [-0.15, -0.1) is 0 Å². The van der Waals surface area contributed by atoms with Crippen molar-refractivity contribution in [3.63, 3.8) is 0 Å². The number of piperazine rings is 2. The summed E-state index contributed by atoms with van der Waals surface area (Å²) in [7, 11) is 0. The van der Waals surface area contributed by atoms with Crippen molar-refractivity contribution < 1.29 is 9.59 Å². The number of carbonyl (C=O) groups excluding carboxylic acids is 2. The van der Waals surface area contributed by atoms with Crippen molar-refractivity contribution in [2.24, 2.45) is 5.92 Å². The van der Waals surface area contributed by atoms with Crippen LogP contribution in [0.5, 0.6) is 0 Å². The third-order valence-corrected chi connectivity index (χ3v) is 7.81. The molecule has 7 heteroatoms. The van der Waals surface area contributed by atoms with Gasteiger partial charge in [0.1, 0.15) is 0 Å². The summed E-state index contributed by atoms with van der Waals surface area (Å²) in [4.78, 5) is 37.0. The third kappa shape index (κ3) is 6.51. The van der Waals surface area contributed by atoms with Crippen LogP contribution < -0.4 is 4.90 Å². The van der Waals surface area contributed by atoms with E-state index in [-0.39, 0.29) is 11.8 Å². The van der Waals surface area contributed by atoms with Gasteiger partial charge in [-0.1, -0.05) is 26.3 Å². The molecule has 3 heterocycles. The zero-order chi connectivity index (χ0) is 23.9. The summed E-state index contributed by atoms with van der Waals surface area (Å²) in [6.45, 7) is 15.2. The lowest BCUT2D eigenvalue weighted by molar-refractivity contribution is -0.134. The minimum atomic E-state index is 0.160. The van der Waals surface area contributed by atoms with Gasteiger partial charge < -0.3 is 14.7 Å². The first-order valence-electron chi connectivity index (χ1n) is 13.4. The first kappa shape index (κ1) is 25.0. The monoisotopic (exact) mass is 469 g/mol. The molecule has 3 saturated heterocycles. The molecule has 4 rings (SSSR count). The predicted molar refractivity (Wildman–Crippen MR) is 137 cm³/mol. The highest BCUT2D eigenvalue weighted by Crippen LogP contribution is 2.22. The second kappa shape index (κ2) is 12.0. The summed E-state index contributed by atoms with van der Waals surface area (Å²) in [6, 6.07) is 8.11. The number of amides is 2. The second-order valence-electron chi connectivity index (χ2n) is 10.4. The molecule has 0 radical (unpaired) electrons. The van der Waals surface area contributed by atoms with Crippen LogP contribution in [0.4, 0.5) is 5.69 Å². The number of carbonyl (C=O) groups is 2. The topological polar surface area (TPSA) is 50.3 Å². The second-order valence-corrected chi connectivity index (χ2v) is 10.4. The Hall–Kier alpha value is -2.12. The Morgan fingerprint density at radius 2 is 1.53 bits per heavy atom. The van der Waals surface area contributed by atoms with E-state index in [1.807, 2.05) is 21.9 Å². The molecule has 1 aromatic rings. The number of rotatable bonds is 7. The van der Waals surface area contributed by atoms with Crippen LogP contribution in [0.3, 0.4) is 0 Å². The molecule has 0 aromatic heterocycles. The average molecular weight is 470 g/mol. The molecule has 3 fully saturated rings. The van der Waals surface area contributed by atoms with E-state index in [0.717, 1.165) is 96.1 Å². The van der Waals surface area contributed by atoms with Gasteiger partial charge in [0, 0.05) is 76.7 Å². The molecule has 0 spiro atoms. The Morgan fingerprint density at radius 1 is 0.853 bits per heavy atom. The maximum atomic E-state index is 13.0. The highest BCUT2D eigenvalue weighted by molar-refractivity contribution is 5.95. The van der Waals surface area contributed by atoms with Crippen LogP contribution in [0, 0.1) is 5.92 Å². The van der Waals surface area contributed by atoms with Crippen molar-refractivity contribution in [2.45, 2.75) is 39.5 Å². The van der Waals surface area contributed by atoms with E-state index >= 15 is 0 Å². The van der Waals surface area contributed by atoms with E-state index in [2.05, 4.69) is 40.7 Å². The summed E-state index contributed by atoms with van der Waals surface area (Å²) >= 11 is 0. The Balaban J connectivity index is 1.23. The number of likely N-dealkylation sites (tertiary alicyclic amines) is 1. The third-order valence-electron chi connectivity index (χ3n) is 7.81. The van der Waals surface area contributed by atoms with Crippen molar-refractivity contribution in [1.82, 2.24) is 19.6 Å². The fourth-order valence-corrected chi connectivity index (χ4v) is 5.29. The lowest BCUT2D eigenvalue weighted by atomic mass is 9.98. The molecule has 2 amide bonds. The van der Waals surface area contributed by atoms with Crippen molar-refractivity contribution in [2.75, 3.05) is 83.4 Å². The van der Waals surface area contributed by atoms with Crippen LogP contribution in [0.2, 0.25) is 0 Å². The summed E-state index contributed by atoms with van der Waals surface area (Å²) in [5.41, 5.74) is 1.91. The Morgan fingerprint density at radius 3 is 2.21 bits per heavy atom. The number of unbranched alkanes of at least 4 members (excludes halogenated alkanes) is 1. The fraction of sp³-hybridized carbons (Fsp3) is 0.704. The summed E-state index contributed by atoms with van der Waals surface area (Å²) in [6.07, 6.45) is 4.66. The maximum absolute atomic E-state index is 13.0. The van der Waals surface area contributed by atoms with Gasteiger partial charge in [0.2, 0.25) is 5.91 Å². The number of hydrogen-bond donors (Lipinski definition) is 0. The molecule has 3 aliphatic heterocycles. The smallest absolute Gasteiger partial charge is 0.253 e. The zero-order valence-electron chi connectivity index (χ0n) is 21.3. The predicted octanol–water partition coefficient (Wildman–Crippen LogP) is 2.63. The number of benzene rings is 1. The molecule has 0 N–H and O–H groups in total. The minimum Gasteiger partial charge on any atom is -0.369 e. The van der Waals surface area contributed by atoms with E-state index in [0.29, 0.717) is 12.5 Å². The number of piperidine rings is 1. The molecule has 0 unspecified atom stereocenters. The van der Waals surface area contributed by atoms with Crippen molar-refractivity contribution in [3.8, 4) is 0 Å². The first-order chi connectivity index (χ1) is 16.5. The Bertz CT molecular complexity index is 807. The Kier molecular flexibility index (Phi) is 8.84. The van der Waals surface area contributed by atoms with E-state index in [4.69, 9.17) is 0 Å². The molecule has 1 aromatic carbocycles. The average Bonchev–Trinajstić information content (AvgIpc) is 2.88. The summed E-state index contributed by atoms with van der Waals surface area (Å²) in [5, 5.41) is 0. The molecular formula is C27H43N5O2.